The summed E-state index contributed by atoms with van der Waals surface area (Å²) < 4.78 is 7.93. The average Bonchev–Trinajstić information content (AvgIpc) is 3.27. The third-order valence-corrected chi connectivity index (χ3v) is 8.07. The number of para-hydroxylation sites is 1. The second-order valence-corrected chi connectivity index (χ2v) is 10.6. The van der Waals surface area contributed by atoms with Gasteiger partial charge in [0.2, 0.25) is 0 Å². The summed E-state index contributed by atoms with van der Waals surface area (Å²) in [5.41, 5.74) is 3.17. The molecule has 2 aliphatic rings. The van der Waals surface area contributed by atoms with Crippen LogP contribution in [0.15, 0.2) is 18.2 Å². The van der Waals surface area contributed by atoms with Gasteiger partial charge in [-0.05, 0) is 63.1 Å². The Kier molecular flexibility index (Phi) is 5.16. The molecule has 2 bridgehead atoms. The standard InChI is InChI=1S/C25H37N3O2/c1-16-20(22(29)26-23-24(2,3)17-11-12-25(23,4)15-17)18-9-8-10-19(30-7)21(18)28(16)14-13-27(5)6/h8-10,17,23H,11-15H2,1-7H3,(H,26,29). The predicted octanol–water partition coefficient (Wildman–Crippen LogP) is 4.46. The van der Waals surface area contributed by atoms with Gasteiger partial charge in [-0.1, -0.05) is 32.9 Å². The minimum Gasteiger partial charge on any atom is -0.495 e. The van der Waals surface area contributed by atoms with Crippen molar-refractivity contribution in [2.45, 2.75) is 59.5 Å². The first-order chi connectivity index (χ1) is 14.1. The molecule has 2 aliphatic carbocycles. The molecule has 1 N–H and O–H groups in total. The Morgan fingerprint density at radius 2 is 2.03 bits per heavy atom. The predicted molar refractivity (Wildman–Crippen MR) is 122 cm³/mol. The number of carbonyl (C=O) groups excluding carboxylic acids is 1. The van der Waals surface area contributed by atoms with Crippen LogP contribution in [0.2, 0.25) is 0 Å². The summed E-state index contributed by atoms with van der Waals surface area (Å²) in [5, 5.41) is 4.48. The van der Waals surface area contributed by atoms with E-state index >= 15 is 0 Å². The molecule has 1 heterocycles. The van der Waals surface area contributed by atoms with Crippen molar-refractivity contribution in [3.05, 3.63) is 29.5 Å². The van der Waals surface area contributed by atoms with Crippen LogP contribution in [-0.2, 0) is 6.54 Å². The van der Waals surface area contributed by atoms with E-state index in [1.807, 2.05) is 12.1 Å². The fourth-order valence-corrected chi connectivity index (χ4v) is 6.40. The largest absolute Gasteiger partial charge is 0.495 e. The highest BCUT2D eigenvalue weighted by Gasteiger charge is 2.59. The number of rotatable bonds is 6. The van der Waals surface area contributed by atoms with Crippen molar-refractivity contribution in [1.82, 2.24) is 14.8 Å². The summed E-state index contributed by atoms with van der Waals surface area (Å²) >= 11 is 0. The van der Waals surface area contributed by atoms with Gasteiger partial charge in [-0.3, -0.25) is 4.79 Å². The van der Waals surface area contributed by atoms with Gasteiger partial charge in [0.15, 0.2) is 0 Å². The average molecular weight is 412 g/mol. The molecule has 1 aromatic carbocycles. The Labute approximate surface area is 180 Å². The van der Waals surface area contributed by atoms with Crippen LogP contribution in [0.5, 0.6) is 5.75 Å². The molecular formula is C25H37N3O2. The Hall–Kier alpha value is -2.01. The fourth-order valence-electron chi connectivity index (χ4n) is 6.40. The van der Waals surface area contributed by atoms with Gasteiger partial charge in [0.25, 0.3) is 5.91 Å². The Morgan fingerprint density at radius 1 is 1.30 bits per heavy atom. The lowest BCUT2D eigenvalue weighted by atomic mass is 9.68. The molecule has 5 heteroatoms. The second kappa shape index (κ2) is 7.30. The zero-order chi connectivity index (χ0) is 21.8. The van der Waals surface area contributed by atoms with Gasteiger partial charge in [0, 0.05) is 30.2 Å². The van der Waals surface area contributed by atoms with Crippen molar-refractivity contribution in [3.63, 3.8) is 0 Å². The molecule has 2 aromatic rings. The van der Waals surface area contributed by atoms with Crippen LogP contribution >= 0.6 is 0 Å². The Bertz CT molecular complexity index is 970. The summed E-state index contributed by atoms with van der Waals surface area (Å²) in [5.74, 6) is 1.58. The van der Waals surface area contributed by atoms with Crippen molar-refractivity contribution < 1.29 is 9.53 Å². The van der Waals surface area contributed by atoms with Crippen LogP contribution in [0, 0.1) is 23.7 Å². The molecular weight excluding hydrogens is 374 g/mol. The van der Waals surface area contributed by atoms with Crippen molar-refractivity contribution in [1.29, 1.82) is 0 Å². The highest BCUT2D eigenvalue weighted by molar-refractivity contribution is 6.09. The van der Waals surface area contributed by atoms with E-state index in [2.05, 4.69) is 62.6 Å². The molecule has 0 radical (unpaired) electrons. The number of nitrogens with zero attached hydrogens (tertiary/aromatic N) is 2. The molecule has 5 nitrogen and oxygen atoms in total. The molecule has 1 amide bonds. The number of benzene rings is 1. The first-order valence-corrected chi connectivity index (χ1v) is 11.2. The van der Waals surface area contributed by atoms with Gasteiger partial charge in [-0.15, -0.1) is 0 Å². The van der Waals surface area contributed by atoms with E-state index in [1.165, 1.54) is 19.3 Å². The molecule has 0 saturated heterocycles. The number of fused-ring (bicyclic) bond motifs is 3. The molecule has 3 atom stereocenters. The number of methoxy groups -OCH3 is 1. The first kappa shape index (κ1) is 21.2. The Balaban J connectivity index is 1.75. The maximum Gasteiger partial charge on any atom is 0.253 e. The molecule has 3 unspecified atom stereocenters. The minimum absolute atomic E-state index is 0.0567. The highest BCUT2D eigenvalue weighted by Crippen LogP contribution is 2.62. The molecule has 0 spiro atoms. The monoisotopic (exact) mass is 411 g/mol. The number of hydrogen-bond acceptors (Lipinski definition) is 3. The molecule has 164 valence electrons. The van der Waals surface area contributed by atoms with Gasteiger partial charge in [-0.2, -0.15) is 0 Å². The van der Waals surface area contributed by atoms with Gasteiger partial charge >= 0.3 is 0 Å². The maximum atomic E-state index is 13.7. The van der Waals surface area contributed by atoms with Gasteiger partial charge < -0.3 is 19.5 Å². The van der Waals surface area contributed by atoms with E-state index in [0.29, 0.717) is 5.92 Å². The zero-order valence-corrected chi connectivity index (χ0v) is 19.6. The molecule has 0 aliphatic heterocycles. The quantitative estimate of drug-likeness (QED) is 0.763. The lowest BCUT2D eigenvalue weighted by Crippen LogP contribution is -2.52. The second-order valence-electron chi connectivity index (χ2n) is 10.6. The van der Waals surface area contributed by atoms with E-state index < -0.39 is 0 Å². The van der Waals surface area contributed by atoms with E-state index in [1.54, 1.807) is 7.11 Å². The first-order valence-electron chi connectivity index (χ1n) is 11.2. The van der Waals surface area contributed by atoms with Gasteiger partial charge in [-0.25, -0.2) is 0 Å². The van der Waals surface area contributed by atoms with Crippen molar-refractivity contribution >= 4 is 16.8 Å². The van der Waals surface area contributed by atoms with Crippen molar-refractivity contribution in [2.75, 3.05) is 27.7 Å². The number of amides is 1. The summed E-state index contributed by atoms with van der Waals surface area (Å²) in [6.45, 7) is 10.8. The van der Waals surface area contributed by atoms with Gasteiger partial charge in [0.1, 0.15) is 5.75 Å². The lowest BCUT2D eigenvalue weighted by molar-refractivity contribution is 0.0738. The zero-order valence-electron chi connectivity index (χ0n) is 19.6. The van der Waals surface area contributed by atoms with Crippen LogP contribution in [0.3, 0.4) is 0 Å². The van der Waals surface area contributed by atoms with Crippen molar-refractivity contribution in [3.8, 4) is 5.75 Å². The van der Waals surface area contributed by atoms with Crippen molar-refractivity contribution in [2.24, 2.45) is 16.7 Å². The van der Waals surface area contributed by atoms with E-state index in [0.717, 1.165) is 41.0 Å². The normalized spacial score (nSPS) is 27.2. The minimum atomic E-state index is 0.0567. The highest BCUT2D eigenvalue weighted by atomic mass is 16.5. The topological polar surface area (TPSA) is 46.5 Å². The third kappa shape index (κ3) is 3.13. The van der Waals surface area contributed by atoms with Crippen LogP contribution < -0.4 is 10.1 Å². The smallest absolute Gasteiger partial charge is 0.253 e. The molecule has 2 saturated carbocycles. The summed E-state index contributed by atoms with van der Waals surface area (Å²) in [4.78, 5) is 15.9. The number of likely N-dealkylation sites (N-methyl/N-ethyl adjacent to an activating group) is 1. The number of nitrogens with one attached hydrogen (secondary N) is 1. The molecule has 4 rings (SSSR count). The van der Waals surface area contributed by atoms with Crippen LogP contribution in [0.25, 0.3) is 10.9 Å². The molecule has 1 aromatic heterocycles. The maximum absolute atomic E-state index is 13.7. The van der Waals surface area contributed by atoms with E-state index in [4.69, 9.17) is 4.74 Å². The van der Waals surface area contributed by atoms with Crippen LogP contribution in [0.4, 0.5) is 0 Å². The number of hydrogen-bond donors (Lipinski definition) is 1. The molecule has 2 fully saturated rings. The molecule has 30 heavy (non-hydrogen) atoms. The summed E-state index contributed by atoms with van der Waals surface area (Å²) in [7, 11) is 5.85. The number of ether oxygens (including phenoxy) is 1. The lowest BCUT2D eigenvalue weighted by Gasteiger charge is -2.43. The van der Waals surface area contributed by atoms with E-state index in [9.17, 15) is 4.79 Å². The summed E-state index contributed by atoms with van der Waals surface area (Å²) in [6, 6.07) is 6.23. The van der Waals surface area contributed by atoms with Crippen LogP contribution in [-0.4, -0.2) is 49.2 Å². The fraction of sp³-hybridized carbons (Fsp3) is 0.640. The van der Waals surface area contributed by atoms with E-state index in [-0.39, 0.29) is 22.8 Å². The Morgan fingerprint density at radius 3 is 2.63 bits per heavy atom. The number of aromatic nitrogens is 1. The SMILES string of the molecule is COc1cccc2c(C(=O)NC3C4(C)CCC(C4)C3(C)C)c(C)n(CCN(C)C)c12. The van der Waals surface area contributed by atoms with Crippen LogP contribution in [0.1, 0.15) is 56.1 Å². The third-order valence-electron chi connectivity index (χ3n) is 8.07. The van der Waals surface area contributed by atoms with Gasteiger partial charge in [0.05, 0.1) is 18.2 Å². The summed E-state index contributed by atoms with van der Waals surface area (Å²) in [6.07, 6.45) is 3.72. The number of carbonyl (C=O) groups is 1.